The number of rotatable bonds is 6. The summed E-state index contributed by atoms with van der Waals surface area (Å²) in [4.78, 5) is 27.6. The van der Waals surface area contributed by atoms with Crippen LogP contribution in [-0.2, 0) is 11.2 Å². The molecule has 0 aliphatic rings. The van der Waals surface area contributed by atoms with Crippen LogP contribution in [-0.4, -0.2) is 54.6 Å². The molecule has 0 fully saturated rings. The number of H-pyrrole nitrogens is 1. The number of carbonyl (C=O) groups excluding carboxylic acids is 1. The molecule has 0 aliphatic carbocycles. The Morgan fingerprint density at radius 2 is 2.00 bits per heavy atom. The molecule has 3 aromatic rings. The van der Waals surface area contributed by atoms with Crippen molar-refractivity contribution in [3.8, 4) is 0 Å². The van der Waals surface area contributed by atoms with Crippen LogP contribution < -0.4 is 5.32 Å². The number of benzene rings is 1. The lowest BCUT2D eigenvalue weighted by Crippen LogP contribution is -2.48. The third kappa shape index (κ3) is 3.78. The fourth-order valence-corrected chi connectivity index (χ4v) is 2.40. The maximum Gasteiger partial charge on any atom is 0.334 e. The van der Waals surface area contributed by atoms with Crippen LogP contribution in [0, 0.1) is 0 Å². The van der Waals surface area contributed by atoms with Crippen LogP contribution in [0.2, 0.25) is 0 Å². The molecule has 128 valence electrons. The highest BCUT2D eigenvalue weighted by Gasteiger charge is 2.28. The number of aliphatic carboxylic acids is 1. The van der Waals surface area contributed by atoms with Crippen molar-refractivity contribution in [1.29, 1.82) is 0 Å². The van der Waals surface area contributed by atoms with Crippen molar-refractivity contribution in [2.45, 2.75) is 18.6 Å². The molecule has 0 spiro atoms. The fourth-order valence-electron chi connectivity index (χ4n) is 2.40. The zero-order valence-corrected chi connectivity index (χ0v) is 13.0. The van der Waals surface area contributed by atoms with Gasteiger partial charge in [0.05, 0.1) is 11.6 Å². The molecule has 2 atom stereocenters. The van der Waals surface area contributed by atoms with Crippen LogP contribution in [0.5, 0.6) is 0 Å². The summed E-state index contributed by atoms with van der Waals surface area (Å²) in [6.45, 7) is 0. The first-order valence-corrected chi connectivity index (χ1v) is 7.47. The van der Waals surface area contributed by atoms with Crippen molar-refractivity contribution in [2.24, 2.45) is 0 Å². The molecule has 0 saturated heterocycles. The van der Waals surface area contributed by atoms with Gasteiger partial charge in [0.2, 0.25) is 5.65 Å². The highest BCUT2D eigenvalue weighted by molar-refractivity contribution is 5.96. The van der Waals surface area contributed by atoms with E-state index in [2.05, 4.69) is 25.7 Å². The quantitative estimate of drug-likeness (QED) is 0.499. The van der Waals surface area contributed by atoms with Gasteiger partial charge in [0.25, 0.3) is 5.91 Å². The number of hydrogen-bond donors (Lipinski definition) is 4. The second-order valence-electron chi connectivity index (χ2n) is 5.46. The summed E-state index contributed by atoms with van der Waals surface area (Å²) in [5.74, 6) is -1.96. The van der Waals surface area contributed by atoms with Crippen LogP contribution in [0.3, 0.4) is 0 Å². The monoisotopic (exact) mass is 341 g/mol. The van der Waals surface area contributed by atoms with Gasteiger partial charge in [-0.3, -0.25) is 9.89 Å². The molecule has 0 unspecified atom stereocenters. The SMILES string of the molecule is O=C(N[C@H](Cc1ccccc1)[C@@H](O)C(=O)O)c1cnc2nn[nH]c2c1. The zero-order chi connectivity index (χ0) is 17.8. The average Bonchev–Trinajstić information content (AvgIpc) is 3.09. The van der Waals surface area contributed by atoms with E-state index >= 15 is 0 Å². The average molecular weight is 341 g/mol. The molecule has 9 nitrogen and oxygen atoms in total. The van der Waals surface area contributed by atoms with Gasteiger partial charge in [0, 0.05) is 6.20 Å². The van der Waals surface area contributed by atoms with E-state index in [0.29, 0.717) is 11.2 Å². The Morgan fingerprint density at radius 1 is 1.24 bits per heavy atom. The van der Waals surface area contributed by atoms with Gasteiger partial charge in [-0.25, -0.2) is 9.78 Å². The zero-order valence-electron chi connectivity index (χ0n) is 13.0. The minimum atomic E-state index is -1.74. The number of carbonyl (C=O) groups is 2. The Morgan fingerprint density at radius 3 is 2.72 bits per heavy atom. The van der Waals surface area contributed by atoms with Crippen molar-refractivity contribution < 1.29 is 19.8 Å². The van der Waals surface area contributed by atoms with E-state index in [1.165, 1.54) is 12.3 Å². The summed E-state index contributed by atoms with van der Waals surface area (Å²) < 4.78 is 0. The van der Waals surface area contributed by atoms with E-state index in [1.807, 2.05) is 6.07 Å². The highest BCUT2D eigenvalue weighted by atomic mass is 16.4. The lowest BCUT2D eigenvalue weighted by molar-refractivity contribution is -0.148. The lowest BCUT2D eigenvalue weighted by atomic mass is 10.0. The Kier molecular flexibility index (Phi) is 4.66. The third-order valence-corrected chi connectivity index (χ3v) is 3.69. The standard InChI is InChI=1S/C16H15N5O4/c22-13(16(24)25)11(6-9-4-2-1-3-5-9)18-15(23)10-7-12-14(17-8-10)20-21-19-12/h1-5,7-8,11,13,22H,6H2,(H,18,23)(H,24,25)(H,17,19,20,21)/t11-,13-/m1/s1. The Labute approximate surface area is 141 Å². The van der Waals surface area contributed by atoms with Crippen LogP contribution in [0.25, 0.3) is 11.2 Å². The number of nitrogens with zero attached hydrogens (tertiary/aromatic N) is 3. The van der Waals surface area contributed by atoms with E-state index in [0.717, 1.165) is 5.56 Å². The second-order valence-corrected chi connectivity index (χ2v) is 5.46. The summed E-state index contributed by atoms with van der Waals surface area (Å²) in [6, 6.07) is 9.50. The molecule has 1 aromatic carbocycles. The van der Waals surface area contributed by atoms with Gasteiger partial charge < -0.3 is 15.5 Å². The number of aliphatic hydroxyl groups excluding tert-OH is 1. The smallest absolute Gasteiger partial charge is 0.334 e. The maximum absolute atomic E-state index is 12.4. The number of carboxylic acid groups (broad SMARTS) is 1. The van der Waals surface area contributed by atoms with Gasteiger partial charge in [-0.2, -0.15) is 0 Å². The minimum absolute atomic E-state index is 0.168. The maximum atomic E-state index is 12.4. The molecule has 3 rings (SSSR count). The van der Waals surface area contributed by atoms with Gasteiger partial charge in [0.1, 0.15) is 5.52 Å². The third-order valence-electron chi connectivity index (χ3n) is 3.69. The highest BCUT2D eigenvalue weighted by Crippen LogP contribution is 2.10. The topological polar surface area (TPSA) is 141 Å². The molecule has 2 heterocycles. The normalized spacial score (nSPS) is 13.3. The Balaban J connectivity index is 1.80. The first-order chi connectivity index (χ1) is 12.0. The molecule has 0 radical (unpaired) electrons. The molecule has 9 heteroatoms. The fraction of sp³-hybridized carbons (Fsp3) is 0.188. The van der Waals surface area contributed by atoms with Crippen LogP contribution >= 0.6 is 0 Å². The molecule has 4 N–H and O–H groups in total. The summed E-state index contributed by atoms with van der Waals surface area (Å²) in [5.41, 5.74) is 1.84. The largest absolute Gasteiger partial charge is 0.479 e. The predicted octanol–water partition coefficient (Wildman–Crippen LogP) is 0.139. The Hall–Kier alpha value is -3.33. The lowest BCUT2D eigenvalue weighted by Gasteiger charge is -2.21. The molecule has 25 heavy (non-hydrogen) atoms. The summed E-state index contributed by atoms with van der Waals surface area (Å²) in [5, 5.41) is 31.5. The summed E-state index contributed by atoms with van der Waals surface area (Å²) >= 11 is 0. The van der Waals surface area contributed by atoms with Crippen LogP contribution in [0.4, 0.5) is 0 Å². The van der Waals surface area contributed by atoms with Gasteiger partial charge >= 0.3 is 5.97 Å². The second kappa shape index (κ2) is 7.05. The Bertz CT molecular complexity index is 896. The van der Waals surface area contributed by atoms with Gasteiger partial charge in [-0.05, 0) is 18.1 Å². The molecule has 1 amide bonds. The summed E-state index contributed by atoms with van der Waals surface area (Å²) in [7, 11) is 0. The van der Waals surface area contributed by atoms with E-state index < -0.39 is 24.0 Å². The van der Waals surface area contributed by atoms with Crippen LogP contribution in [0.1, 0.15) is 15.9 Å². The first kappa shape index (κ1) is 16.5. The molecular weight excluding hydrogens is 326 g/mol. The number of carboxylic acids is 1. The van der Waals surface area contributed by atoms with E-state index in [-0.39, 0.29) is 12.0 Å². The van der Waals surface area contributed by atoms with E-state index in [1.54, 1.807) is 24.3 Å². The van der Waals surface area contributed by atoms with Crippen molar-refractivity contribution in [3.05, 3.63) is 53.7 Å². The number of aliphatic hydroxyl groups is 1. The minimum Gasteiger partial charge on any atom is -0.479 e. The number of aromatic nitrogens is 4. The van der Waals surface area contributed by atoms with Gasteiger partial charge in [0.15, 0.2) is 6.10 Å². The molecular formula is C16H15N5O4. The first-order valence-electron chi connectivity index (χ1n) is 7.47. The number of pyridine rings is 1. The predicted molar refractivity (Wildman–Crippen MR) is 86.7 cm³/mol. The summed E-state index contributed by atoms with van der Waals surface area (Å²) in [6.07, 6.45) is -0.261. The molecule has 0 bridgehead atoms. The molecule has 0 aliphatic heterocycles. The van der Waals surface area contributed by atoms with E-state index in [9.17, 15) is 14.7 Å². The molecule has 0 saturated carbocycles. The van der Waals surface area contributed by atoms with Crippen molar-refractivity contribution in [2.75, 3.05) is 0 Å². The van der Waals surface area contributed by atoms with Crippen molar-refractivity contribution in [1.82, 2.24) is 25.7 Å². The van der Waals surface area contributed by atoms with E-state index in [4.69, 9.17) is 5.11 Å². The molecule has 2 aromatic heterocycles. The number of hydrogen-bond acceptors (Lipinski definition) is 6. The number of nitrogens with one attached hydrogen (secondary N) is 2. The number of amides is 1. The number of aromatic amines is 1. The van der Waals surface area contributed by atoms with Gasteiger partial charge in [-0.1, -0.05) is 35.5 Å². The van der Waals surface area contributed by atoms with Gasteiger partial charge in [-0.15, -0.1) is 5.10 Å². The van der Waals surface area contributed by atoms with Crippen LogP contribution in [0.15, 0.2) is 42.6 Å². The number of fused-ring (bicyclic) bond motifs is 1. The van der Waals surface area contributed by atoms with Crippen molar-refractivity contribution in [3.63, 3.8) is 0 Å². The van der Waals surface area contributed by atoms with Crippen molar-refractivity contribution >= 4 is 23.0 Å².